The minimum absolute atomic E-state index is 0.0856. The number of likely N-dealkylation sites (tertiary alicyclic amines) is 1. The molecule has 2 saturated heterocycles. The summed E-state index contributed by atoms with van der Waals surface area (Å²) in [5.74, 6) is -1.32. The fourth-order valence-electron chi connectivity index (χ4n) is 3.06. The second kappa shape index (κ2) is 5.19. The highest BCUT2D eigenvalue weighted by molar-refractivity contribution is 5.90. The Kier molecular flexibility index (Phi) is 3.78. The third kappa shape index (κ3) is 2.57. The Hall–Kier alpha value is -1.59. The van der Waals surface area contributed by atoms with Crippen LogP contribution in [-0.4, -0.2) is 47.4 Å². The molecule has 2 aliphatic heterocycles. The summed E-state index contributed by atoms with van der Waals surface area (Å²) in [4.78, 5) is 36.5. The number of amides is 2. The van der Waals surface area contributed by atoms with Crippen molar-refractivity contribution in [3.8, 4) is 0 Å². The van der Waals surface area contributed by atoms with Crippen LogP contribution in [0.3, 0.4) is 0 Å². The first-order valence-electron chi connectivity index (χ1n) is 6.77. The maximum atomic E-state index is 12.2. The van der Waals surface area contributed by atoms with E-state index < -0.39 is 11.4 Å². The summed E-state index contributed by atoms with van der Waals surface area (Å²) in [6.07, 6.45) is 2.12. The van der Waals surface area contributed by atoms with E-state index in [-0.39, 0.29) is 30.7 Å². The molecular weight excluding hydrogens is 248 g/mol. The molecule has 2 amide bonds. The maximum Gasteiger partial charge on any atom is 0.311 e. The lowest BCUT2D eigenvalue weighted by Crippen LogP contribution is -2.39. The van der Waals surface area contributed by atoms with E-state index in [0.717, 1.165) is 6.42 Å². The molecule has 0 aromatic rings. The Bertz CT molecular complexity index is 409. The molecule has 0 spiro atoms. The van der Waals surface area contributed by atoms with Crippen molar-refractivity contribution in [3.63, 3.8) is 0 Å². The zero-order valence-electron chi connectivity index (χ0n) is 11.1. The highest BCUT2D eigenvalue weighted by atomic mass is 16.4. The fraction of sp³-hybridized carbons (Fsp3) is 0.769. The lowest BCUT2D eigenvalue weighted by atomic mass is 9.83. The molecule has 0 saturated carbocycles. The first-order chi connectivity index (χ1) is 8.98. The highest BCUT2D eigenvalue weighted by Gasteiger charge is 2.46. The fourth-order valence-corrected chi connectivity index (χ4v) is 3.06. The number of hydrogen-bond donors (Lipinski definition) is 2. The van der Waals surface area contributed by atoms with Crippen LogP contribution >= 0.6 is 0 Å². The minimum Gasteiger partial charge on any atom is -0.481 e. The third-order valence-corrected chi connectivity index (χ3v) is 4.17. The third-order valence-electron chi connectivity index (χ3n) is 4.17. The zero-order chi connectivity index (χ0) is 14.0. The van der Waals surface area contributed by atoms with E-state index in [1.165, 1.54) is 0 Å². The van der Waals surface area contributed by atoms with Crippen molar-refractivity contribution in [2.24, 2.45) is 11.3 Å². The Balaban J connectivity index is 2.02. The van der Waals surface area contributed by atoms with Crippen LogP contribution in [0.25, 0.3) is 0 Å². The molecule has 2 fully saturated rings. The van der Waals surface area contributed by atoms with Gasteiger partial charge in [0.05, 0.1) is 11.3 Å². The van der Waals surface area contributed by atoms with Crippen LogP contribution in [0, 0.1) is 11.3 Å². The molecule has 19 heavy (non-hydrogen) atoms. The Morgan fingerprint density at radius 3 is 2.79 bits per heavy atom. The Morgan fingerprint density at radius 1 is 1.53 bits per heavy atom. The van der Waals surface area contributed by atoms with Gasteiger partial charge in [0.1, 0.15) is 0 Å². The van der Waals surface area contributed by atoms with Crippen LogP contribution in [-0.2, 0) is 14.4 Å². The van der Waals surface area contributed by atoms with Crippen molar-refractivity contribution in [2.75, 3.05) is 19.6 Å². The van der Waals surface area contributed by atoms with Gasteiger partial charge < -0.3 is 15.3 Å². The van der Waals surface area contributed by atoms with Crippen LogP contribution in [0.1, 0.15) is 32.6 Å². The molecule has 2 atom stereocenters. The van der Waals surface area contributed by atoms with Crippen molar-refractivity contribution in [3.05, 3.63) is 0 Å². The zero-order valence-corrected chi connectivity index (χ0v) is 11.1. The Labute approximate surface area is 112 Å². The van der Waals surface area contributed by atoms with E-state index in [4.69, 9.17) is 0 Å². The van der Waals surface area contributed by atoms with Gasteiger partial charge in [0.2, 0.25) is 11.8 Å². The predicted molar refractivity (Wildman–Crippen MR) is 67.3 cm³/mol. The van der Waals surface area contributed by atoms with Crippen molar-refractivity contribution >= 4 is 17.8 Å². The van der Waals surface area contributed by atoms with E-state index in [1.54, 1.807) is 4.90 Å². The molecule has 2 aliphatic rings. The van der Waals surface area contributed by atoms with Crippen LogP contribution in [0.15, 0.2) is 0 Å². The number of nitrogens with zero attached hydrogens (tertiary/aromatic N) is 1. The van der Waals surface area contributed by atoms with Gasteiger partial charge >= 0.3 is 5.97 Å². The van der Waals surface area contributed by atoms with Crippen molar-refractivity contribution in [1.82, 2.24) is 10.2 Å². The van der Waals surface area contributed by atoms with Crippen LogP contribution in [0.2, 0.25) is 0 Å². The first kappa shape index (κ1) is 13.8. The molecule has 2 rings (SSSR count). The molecule has 0 aliphatic carbocycles. The minimum atomic E-state index is -0.815. The number of rotatable bonds is 4. The van der Waals surface area contributed by atoms with Gasteiger partial charge in [-0.15, -0.1) is 0 Å². The molecule has 0 aromatic carbocycles. The largest absolute Gasteiger partial charge is 0.481 e. The molecule has 2 N–H and O–H groups in total. The van der Waals surface area contributed by atoms with Crippen LogP contribution < -0.4 is 5.32 Å². The summed E-state index contributed by atoms with van der Waals surface area (Å²) in [6.45, 7) is 3.09. The highest BCUT2D eigenvalue weighted by Crippen LogP contribution is 2.36. The Morgan fingerprint density at radius 2 is 2.26 bits per heavy atom. The second-order valence-electron chi connectivity index (χ2n) is 5.55. The lowest BCUT2D eigenvalue weighted by molar-refractivity contribution is -0.149. The van der Waals surface area contributed by atoms with E-state index in [0.29, 0.717) is 25.9 Å². The molecular formula is C13H20N2O4. The van der Waals surface area contributed by atoms with Gasteiger partial charge in [-0.3, -0.25) is 14.4 Å². The number of aliphatic carboxylic acids is 1. The van der Waals surface area contributed by atoms with Crippen molar-refractivity contribution in [2.45, 2.75) is 32.6 Å². The molecule has 2 heterocycles. The quantitative estimate of drug-likeness (QED) is 0.764. The molecule has 2 unspecified atom stereocenters. The number of carboxylic acid groups (broad SMARTS) is 1. The van der Waals surface area contributed by atoms with Gasteiger partial charge in [-0.25, -0.2) is 0 Å². The van der Waals surface area contributed by atoms with Gasteiger partial charge in [-0.1, -0.05) is 13.3 Å². The monoisotopic (exact) mass is 268 g/mol. The average Bonchev–Trinajstić information content (AvgIpc) is 2.96. The molecule has 6 nitrogen and oxygen atoms in total. The first-order valence-corrected chi connectivity index (χ1v) is 6.77. The number of carbonyl (C=O) groups excluding carboxylic acids is 2. The summed E-state index contributed by atoms with van der Waals surface area (Å²) >= 11 is 0. The smallest absolute Gasteiger partial charge is 0.311 e. The average molecular weight is 268 g/mol. The molecule has 0 bridgehead atoms. The summed E-state index contributed by atoms with van der Waals surface area (Å²) in [5, 5.41) is 12.0. The summed E-state index contributed by atoms with van der Waals surface area (Å²) in [7, 11) is 0. The van der Waals surface area contributed by atoms with E-state index in [1.807, 2.05) is 6.92 Å². The predicted octanol–water partition coefficient (Wildman–Crippen LogP) is 0.226. The maximum absolute atomic E-state index is 12.2. The van der Waals surface area contributed by atoms with E-state index in [2.05, 4.69) is 5.32 Å². The number of nitrogens with one attached hydrogen (secondary N) is 1. The van der Waals surface area contributed by atoms with Gasteiger partial charge in [0.25, 0.3) is 0 Å². The van der Waals surface area contributed by atoms with Gasteiger partial charge in [0.15, 0.2) is 0 Å². The second-order valence-corrected chi connectivity index (χ2v) is 5.55. The van der Waals surface area contributed by atoms with Gasteiger partial charge in [-0.2, -0.15) is 0 Å². The lowest BCUT2D eigenvalue weighted by Gasteiger charge is -2.25. The van der Waals surface area contributed by atoms with Gasteiger partial charge in [0, 0.05) is 26.1 Å². The summed E-state index contributed by atoms with van der Waals surface area (Å²) in [5.41, 5.74) is -0.791. The molecule has 0 aromatic heterocycles. The summed E-state index contributed by atoms with van der Waals surface area (Å²) < 4.78 is 0. The van der Waals surface area contributed by atoms with Crippen LogP contribution in [0.4, 0.5) is 0 Å². The molecule has 6 heteroatoms. The summed E-state index contributed by atoms with van der Waals surface area (Å²) in [6, 6.07) is 0. The number of carboxylic acids is 1. The van der Waals surface area contributed by atoms with Crippen LogP contribution in [0.5, 0.6) is 0 Å². The van der Waals surface area contributed by atoms with E-state index >= 15 is 0 Å². The SMILES string of the molecule is CCCC1(C(=O)O)CCN(C(=O)C2CNC(=O)C2)C1. The topological polar surface area (TPSA) is 86.7 Å². The number of hydrogen-bond acceptors (Lipinski definition) is 3. The van der Waals surface area contributed by atoms with Crippen molar-refractivity contribution in [1.29, 1.82) is 0 Å². The normalized spacial score (nSPS) is 30.5. The van der Waals surface area contributed by atoms with Gasteiger partial charge in [-0.05, 0) is 12.8 Å². The van der Waals surface area contributed by atoms with Crippen molar-refractivity contribution < 1.29 is 19.5 Å². The standard InChI is InChI=1S/C13H20N2O4/c1-2-3-13(12(18)19)4-5-15(8-13)11(17)9-6-10(16)14-7-9/h9H,2-8H2,1H3,(H,14,16)(H,18,19). The number of carbonyl (C=O) groups is 3. The van der Waals surface area contributed by atoms with E-state index in [9.17, 15) is 19.5 Å². The molecule has 0 radical (unpaired) electrons. The molecule has 106 valence electrons.